The van der Waals surface area contributed by atoms with Gasteiger partial charge >= 0.3 is 6.18 Å². The van der Waals surface area contributed by atoms with Crippen LogP contribution in [0.5, 0.6) is 5.75 Å². The Labute approximate surface area is 171 Å². The van der Waals surface area contributed by atoms with Crippen molar-refractivity contribution in [2.24, 2.45) is 0 Å². The number of fused-ring (bicyclic) bond motifs is 1. The number of hydrogen-bond acceptors (Lipinski definition) is 3. The number of pyridine rings is 1. The van der Waals surface area contributed by atoms with Gasteiger partial charge in [-0.25, -0.2) is 0 Å². The average Bonchev–Trinajstić information content (AvgIpc) is 2.73. The van der Waals surface area contributed by atoms with Crippen LogP contribution in [-0.2, 0) is 12.7 Å². The molecule has 0 aliphatic carbocycles. The van der Waals surface area contributed by atoms with Gasteiger partial charge in [-0.15, -0.1) is 0 Å². The molecule has 1 amide bonds. The molecule has 1 unspecified atom stereocenters. The van der Waals surface area contributed by atoms with Gasteiger partial charge in [0.25, 0.3) is 5.91 Å². The standard InChI is InChI=1S/C22H21F3N2O3/c1-4-27-12-17(20(28)16-11-14(22(23,24)25)9-10-18(16)27)21(29)26-13(2)15-7-5-6-8-19(15)30-3/h5-13H,4H2,1-3H3,(H,26,29). The summed E-state index contributed by atoms with van der Waals surface area (Å²) in [5, 5.41) is 2.59. The SMILES string of the molecule is CCn1cc(C(=O)NC(C)c2ccccc2OC)c(=O)c2cc(C(F)(F)F)ccc21. The molecule has 0 fully saturated rings. The van der Waals surface area contributed by atoms with Crippen LogP contribution in [0.2, 0.25) is 0 Å². The Bertz CT molecular complexity index is 1150. The van der Waals surface area contributed by atoms with E-state index < -0.39 is 29.1 Å². The molecule has 0 aliphatic heterocycles. The number of ether oxygens (including phenoxy) is 1. The minimum absolute atomic E-state index is 0.149. The molecule has 1 aromatic heterocycles. The molecule has 1 heterocycles. The van der Waals surface area contributed by atoms with Crippen LogP contribution >= 0.6 is 0 Å². The highest BCUT2D eigenvalue weighted by Crippen LogP contribution is 2.31. The third-order valence-electron chi connectivity index (χ3n) is 4.95. The van der Waals surface area contributed by atoms with Crippen LogP contribution < -0.4 is 15.5 Å². The summed E-state index contributed by atoms with van der Waals surface area (Å²) in [6, 6.07) is 9.60. The summed E-state index contributed by atoms with van der Waals surface area (Å²) in [4.78, 5) is 25.7. The molecule has 0 bridgehead atoms. The van der Waals surface area contributed by atoms with Crippen LogP contribution in [-0.4, -0.2) is 17.6 Å². The zero-order valence-electron chi connectivity index (χ0n) is 16.7. The minimum Gasteiger partial charge on any atom is -0.496 e. The lowest BCUT2D eigenvalue weighted by molar-refractivity contribution is -0.137. The number of aromatic nitrogens is 1. The van der Waals surface area contributed by atoms with Crippen LogP contribution in [0.15, 0.2) is 53.5 Å². The molecule has 0 saturated carbocycles. The number of nitrogens with zero attached hydrogens (tertiary/aromatic N) is 1. The van der Waals surface area contributed by atoms with Gasteiger partial charge in [0, 0.05) is 23.7 Å². The predicted molar refractivity (Wildman–Crippen MR) is 108 cm³/mol. The summed E-state index contributed by atoms with van der Waals surface area (Å²) in [6.07, 6.45) is -3.21. The van der Waals surface area contributed by atoms with Crippen molar-refractivity contribution < 1.29 is 22.7 Å². The monoisotopic (exact) mass is 418 g/mol. The summed E-state index contributed by atoms with van der Waals surface area (Å²) < 4.78 is 46.2. The third-order valence-corrected chi connectivity index (χ3v) is 4.95. The van der Waals surface area contributed by atoms with Crippen LogP contribution in [0.4, 0.5) is 13.2 Å². The molecule has 0 radical (unpaired) electrons. The second-order valence-corrected chi connectivity index (χ2v) is 6.82. The molecule has 0 saturated heterocycles. The van der Waals surface area contributed by atoms with Crippen molar-refractivity contribution in [3.63, 3.8) is 0 Å². The van der Waals surface area contributed by atoms with E-state index >= 15 is 0 Å². The number of benzene rings is 2. The van der Waals surface area contributed by atoms with Gasteiger partial charge in [0.1, 0.15) is 11.3 Å². The van der Waals surface area contributed by atoms with Crippen LogP contribution in [0.1, 0.15) is 41.4 Å². The van der Waals surface area contributed by atoms with Crippen molar-refractivity contribution >= 4 is 16.8 Å². The van der Waals surface area contributed by atoms with E-state index in [0.29, 0.717) is 23.4 Å². The number of aryl methyl sites for hydroxylation is 1. The number of rotatable bonds is 5. The Balaban J connectivity index is 2.05. The van der Waals surface area contributed by atoms with Crippen molar-refractivity contribution in [3.8, 4) is 5.75 Å². The fourth-order valence-electron chi connectivity index (χ4n) is 3.37. The Morgan fingerprint density at radius 1 is 1.20 bits per heavy atom. The topological polar surface area (TPSA) is 60.3 Å². The first kappa shape index (κ1) is 21.4. The number of amides is 1. The van der Waals surface area contributed by atoms with E-state index in [2.05, 4.69) is 5.32 Å². The number of carbonyl (C=O) groups excluding carboxylic acids is 1. The first-order valence-corrected chi connectivity index (χ1v) is 9.35. The van der Waals surface area contributed by atoms with Gasteiger partial charge in [-0.2, -0.15) is 13.2 Å². The van der Waals surface area contributed by atoms with E-state index in [4.69, 9.17) is 4.74 Å². The maximum atomic E-state index is 13.1. The predicted octanol–water partition coefficient (Wildman–Crippen LogP) is 4.54. The molecule has 0 spiro atoms. The minimum atomic E-state index is -4.59. The van der Waals surface area contributed by atoms with Crippen molar-refractivity contribution in [2.45, 2.75) is 32.6 Å². The molecular weight excluding hydrogens is 397 g/mol. The van der Waals surface area contributed by atoms with Gasteiger partial charge in [0.15, 0.2) is 0 Å². The highest BCUT2D eigenvalue weighted by Gasteiger charge is 2.31. The Morgan fingerprint density at radius 3 is 2.53 bits per heavy atom. The van der Waals surface area contributed by atoms with Crippen LogP contribution in [0.3, 0.4) is 0 Å². The molecule has 1 atom stereocenters. The summed E-state index contributed by atoms with van der Waals surface area (Å²) >= 11 is 0. The van der Waals surface area contributed by atoms with E-state index in [9.17, 15) is 22.8 Å². The Hall–Kier alpha value is -3.29. The maximum absolute atomic E-state index is 13.1. The first-order chi connectivity index (χ1) is 14.2. The van der Waals surface area contributed by atoms with Crippen LogP contribution in [0, 0.1) is 0 Å². The highest BCUT2D eigenvalue weighted by molar-refractivity contribution is 5.97. The van der Waals surface area contributed by atoms with E-state index in [1.54, 1.807) is 42.7 Å². The Morgan fingerprint density at radius 2 is 1.90 bits per heavy atom. The third kappa shape index (κ3) is 4.03. The lowest BCUT2D eigenvalue weighted by Gasteiger charge is -2.18. The van der Waals surface area contributed by atoms with E-state index in [1.165, 1.54) is 19.4 Å². The second kappa shape index (κ2) is 8.22. The van der Waals surface area contributed by atoms with Crippen molar-refractivity contribution in [2.75, 3.05) is 7.11 Å². The Kier molecular flexibility index (Phi) is 5.87. The molecule has 2 aromatic carbocycles. The lowest BCUT2D eigenvalue weighted by atomic mass is 10.0. The normalized spacial score (nSPS) is 12.6. The van der Waals surface area contributed by atoms with Gasteiger partial charge < -0.3 is 14.6 Å². The summed E-state index contributed by atoms with van der Waals surface area (Å²) in [5.74, 6) is -0.0930. The number of alkyl halides is 3. The fourth-order valence-corrected chi connectivity index (χ4v) is 3.37. The molecule has 0 aliphatic rings. The first-order valence-electron chi connectivity index (χ1n) is 9.35. The summed E-state index contributed by atoms with van der Waals surface area (Å²) in [5.41, 5.74) is -0.847. The zero-order chi connectivity index (χ0) is 22.1. The molecule has 3 rings (SSSR count). The quantitative estimate of drug-likeness (QED) is 0.662. The molecule has 30 heavy (non-hydrogen) atoms. The number of methoxy groups -OCH3 is 1. The number of halogens is 3. The van der Waals surface area contributed by atoms with E-state index in [0.717, 1.165) is 12.1 Å². The number of para-hydroxylation sites is 1. The average molecular weight is 418 g/mol. The van der Waals surface area contributed by atoms with Crippen molar-refractivity contribution in [3.05, 3.63) is 75.6 Å². The van der Waals surface area contributed by atoms with Gasteiger partial charge in [-0.05, 0) is 38.1 Å². The number of hydrogen-bond donors (Lipinski definition) is 1. The molecule has 158 valence electrons. The van der Waals surface area contributed by atoms with Gasteiger partial charge in [0.05, 0.1) is 24.2 Å². The molecule has 5 nitrogen and oxygen atoms in total. The fraction of sp³-hybridized carbons (Fsp3) is 0.273. The molecule has 1 N–H and O–H groups in total. The van der Waals surface area contributed by atoms with Crippen molar-refractivity contribution in [1.29, 1.82) is 0 Å². The van der Waals surface area contributed by atoms with E-state index in [-0.39, 0.29) is 10.9 Å². The van der Waals surface area contributed by atoms with Gasteiger partial charge in [-0.3, -0.25) is 9.59 Å². The van der Waals surface area contributed by atoms with Gasteiger partial charge in [0.2, 0.25) is 5.43 Å². The lowest BCUT2D eigenvalue weighted by Crippen LogP contribution is -2.32. The number of carbonyl (C=O) groups is 1. The summed E-state index contributed by atoms with van der Waals surface area (Å²) in [6.45, 7) is 3.89. The molecular formula is C22H21F3N2O3. The van der Waals surface area contributed by atoms with Crippen LogP contribution in [0.25, 0.3) is 10.9 Å². The zero-order valence-corrected chi connectivity index (χ0v) is 16.7. The summed E-state index contributed by atoms with van der Waals surface area (Å²) in [7, 11) is 1.51. The van der Waals surface area contributed by atoms with Crippen molar-refractivity contribution in [1.82, 2.24) is 9.88 Å². The maximum Gasteiger partial charge on any atom is 0.416 e. The smallest absolute Gasteiger partial charge is 0.416 e. The highest BCUT2D eigenvalue weighted by atomic mass is 19.4. The second-order valence-electron chi connectivity index (χ2n) is 6.82. The molecule has 8 heteroatoms. The van der Waals surface area contributed by atoms with E-state index in [1.807, 2.05) is 0 Å². The molecule has 3 aromatic rings. The largest absolute Gasteiger partial charge is 0.496 e. The van der Waals surface area contributed by atoms with Gasteiger partial charge in [-0.1, -0.05) is 18.2 Å². The number of nitrogens with one attached hydrogen (secondary N) is 1.